The van der Waals surface area contributed by atoms with E-state index in [9.17, 15) is 13.2 Å². The first kappa shape index (κ1) is 19.6. The second-order valence-electron chi connectivity index (χ2n) is 7.36. The molecule has 3 aromatic carbocycles. The fourth-order valence-electron chi connectivity index (χ4n) is 3.84. The Hall–Kier alpha value is -2.73. The van der Waals surface area contributed by atoms with E-state index >= 15 is 0 Å². The summed E-state index contributed by atoms with van der Waals surface area (Å²) in [6.45, 7) is 4.74. The Morgan fingerprint density at radius 2 is 1.62 bits per heavy atom. The summed E-state index contributed by atoms with van der Waals surface area (Å²) in [5, 5.41) is 2.27. The molecule has 1 aliphatic rings. The van der Waals surface area contributed by atoms with Gasteiger partial charge in [-0.05, 0) is 29.7 Å². The number of piperazine rings is 1. The van der Waals surface area contributed by atoms with Crippen molar-refractivity contribution in [1.82, 2.24) is 0 Å². The van der Waals surface area contributed by atoms with E-state index in [2.05, 4.69) is 18.2 Å². The van der Waals surface area contributed by atoms with Crippen molar-refractivity contribution in [3.8, 4) is 5.75 Å². The van der Waals surface area contributed by atoms with Crippen LogP contribution in [0.15, 0.2) is 66.7 Å². The zero-order valence-electron chi connectivity index (χ0n) is 16.1. The molecule has 29 heavy (non-hydrogen) atoms. The van der Waals surface area contributed by atoms with E-state index in [-0.39, 0.29) is 0 Å². The Labute approximate surface area is 168 Å². The van der Waals surface area contributed by atoms with Crippen molar-refractivity contribution < 1.29 is 22.8 Å². The second-order valence-corrected chi connectivity index (χ2v) is 7.36. The monoisotopic (exact) mass is 401 g/mol. The predicted molar refractivity (Wildman–Crippen MR) is 109 cm³/mol. The van der Waals surface area contributed by atoms with E-state index in [4.69, 9.17) is 4.74 Å². The van der Waals surface area contributed by atoms with E-state index in [1.54, 1.807) is 6.07 Å². The van der Waals surface area contributed by atoms with Crippen LogP contribution >= 0.6 is 0 Å². The van der Waals surface area contributed by atoms with Gasteiger partial charge in [-0.15, -0.1) is 0 Å². The molecule has 1 aliphatic heterocycles. The first-order valence-corrected chi connectivity index (χ1v) is 9.87. The minimum absolute atomic E-state index is 0.590. The molecule has 1 N–H and O–H groups in total. The highest BCUT2D eigenvalue weighted by Gasteiger charge is 2.31. The summed E-state index contributed by atoms with van der Waals surface area (Å²) in [4.78, 5) is 3.44. The lowest BCUT2D eigenvalue weighted by Gasteiger charge is -2.33. The number of anilines is 1. The molecule has 1 heterocycles. The molecule has 0 saturated carbocycles. The van der Waals surface area contributed by atoms with Crippen molar-refractivity contribution in [2.45, 2.75) is 6.18 Å². The molecule has 0 radical (unpaired) electrons. The molecule has 0 bridgehead atoms. The van der Waals surface area contributed by atoms with Gasteiger partial charge in [-0.1, -0.05) is 42.5 Å². The Kier molecular flexibility index (Phi) is 5.62. The smallest absolute Gasteiger partial charge is 0.416 e. The molecule has 0 aromatic heterocycles. The molecule has 0 aliphatic carbocycles. The Morgan fingerprint density at radius 1 is 0.897 bits per heavy atom. The number of nitrogens with one attached hydrogen (secondary N) is 1. The van der Waals surface area contributed by atoms with E-state index in [1.807, 2.05) is 29.2 Å². The second kappa shape index (κ2) is 8.33. The number of hydrogen-bond acceptors (Lipinski definition) is 2. The van der Waals surface area contributed by atoms with Gasteiger partial charge in [0.15, 0.2) is 0 Å². The SMILES string of the molecule is FC(F)(F)c1cccc(N2CC[NH+](CCOc3cccc4ccccc34)CC2)c1. The minimum Gasteiger partial charge on any atom is -0.487 e. The lowest BCUT2D eigenvalue weighted by atomic mass is 10.1. The molecule has 4 rings (SSSR count). The largest absolute Gasteiger partial charge is 0.487 e. The molecule has 152 valence electrons. The Bertz CT molecular complexity index is 960. The predicted octanol–water partition coefficient (Wildman–Crippen LogP) is 3.64. The number of alkyl halides is 3. The number of nitrogens with zero attached hydrogens (tertiary/aromatic N) is 1. The van der Waals surface area contributed by atoms with Crippen LogP contribution in [0.5, 0.6) is 5.75 Å². The molecule has 0 amide bonds. The van der Waals surface area contributed by atoms with Crippen LogP contribution in [0.4, 0.5) is 18.9 Å². The van der Waals surface area contributed by atoms with Crippen LogP contribution in [0.3, 0.4) is 0 Å². The molecule has 0 unspecified atom stereocenters. The molecule has 0 atom stereocenters. The molecule has 0 spiro atoms. The van der Waals surface area contributed by atoms with Crippen LogP contribution in [0.25, 0.3) is 10.8 Å². The van der Waals surface area contributed by atoms with Gasteiger partial charge in [-0.25, -0.2) is 0 Å². The Balaban J connectivity index is 1.29. The molecule has 6 heteroatoms. The van der Waals surface area contributed by atoms with Crippen LogP contribution in [0.1, 0.15) is 5.56 Å². The van der Waals surface area contributed by atoms with Crippen LogP contribution in [-0.2, 0) is 6.18 Å². The molecular weight excluding hydrogens is 377 g/mol. The van der Waals surface area contributed by atoms with Gasteiger partial charge in [0.25, 0.3) is 0 Å². The quantitative estimate of drug-likeness (QED) is 0.703. The van der Waals surface area contributed by atoms with E-state index in [0.717, 1.165) is 55.3 Å². The van der Waals surface area contributed by atoms with Crippen LogP contribution in [-0.4, -0.2) is 39.3 Å². The number of rotatable bonds is 5. The topological polar surface area (TPSA) is 16.9 Å². The first-order valence-electron chi connectivity index (χ1n) is 9.87. The van der Waals surface area contributed by atoms with Gasteiger partial charge >= 0.3 is 6.18 Å². The third kappa shape index (κ3) is 4.65. The van der Waals surface area contributed by atoms with Crippen molar-refractivity contribution in [3.05, 3.63) is 72.3 Å². The fraction of sp³-hybridized carbons (Fsp3) is 0.304. The molecule has 1 fully saturated rings. The minimum atomic E-state index is -4.30. The number of ether oxygens (including phenoxy) is 1. The van der Waals surface area contributed by atoms with Gasteiger partial charge in [0.05, 0.1) is 31.7 Å². The van der Waals surface area contributed by atoms with Crippen molar-refractivity contribution in [3.63, 3.8) is 0 Å². The highest BCUT2D eigenvalue weighted by molar-refractivity contribution is 5.88. The zero-order chi connectivity index (χ0) is 20.3. The average molecular weight is 401 g/mol. The zero-order valence-corrected chi connectivity index (χ0v) is 16.1. The maximum absolute atomic E-state index is 12.9. The summed E-state index contributed by atoms with van der Waals surface area (Å²) in [7, 11) is 0. The van der Waals surface area contributed by atoms with Crippen molar-refractivity contribution in [2.75, 3.05) is 44.2 Å². The summed E-state index contributed by atoms with van der Waals surface area (Å²) in [5.74, 6) is 0.894. The number of halogens is 3. The van der Waals surface area contributed by atoms with Crippen LogP contribution in [0.2, 0.25) is 0 Å². The third-order valence-corrected chi connectivity index (χ3v) is 5.47. The maximum Gasteiger partial charge on any atom is 0.416 e. The van der Waals surface area contributed by atoms with Crippen molar-refractivity contribution in [1.29, 1.82) is 0 Å². The molecular formula is C23H24F3N2O+. The molecule has 3 nitrogen and oxygen atoms in total. The Morgan fingerprint density at radius 3 is 2.41 bits per heavy atom. The van der Waals surface area contributed by atoms with Crippen LogP contribution < -0.4 is 14.5 Å². The van der Waals surface area contributed by atoms with E-state index < -0.39 is 11.7 Å². The highest BCUT2D eigenvalue weighted by atomic mass is 19.4. The van der Waals surface area contributed by atoms with Crippen LogP contribution in [0, 0.1) is 0 Å². The standard InChI is InChI=1S/C23H23F3N2O/c24-23(25,26)19-7-4-8-20(17-19)28-13-11-27(12-14-28)15-16-29-22-10-3-6-18-5-1-2-9-21(18)22/h1-10,17H,11-16H2/p+1. The number of fused-ring (bicyclic) bond motifs is 1. The summed E-state index contributed by atoms with van der Waals surface area (Å²) in [6, 6.07) is 19.8. The average Bonchev–Trinajstić information content (AvgIpc) is 2.74. The molecule has 3 aromatic rings. The summed E-state index contributed by atoms with van der Waals surface area (Å²) < 4.78 is 44.8. The van der Waals surface area contributed by atoms with Gasteiger partial charge in [0, 0.05) is 11.1 Å². The third-order valence-electron chi connectivity index (χ3n) is 5.47. The number of hydrogen-bond donors (Lipinski definition) is 1. The van der Waals surface area contributed by atoms with Gasteiger partial charge in [0.1, 0.15) is 18.9 Å². The van der Waals surface area contributed by atoms with Crippen molar-refractivity contribution >= 4 is 16.5 Å². The van der Waals surface area contributed by atoms with E-state index in [0.29, 0.717) is 12.3 Å². The fourth-order valence-corrected chi connectivity index (χ4v) is 3.84. The summed E-state index contributed by atoms with van der Waals surface area (Å²) >= 11 is 0. The summed E-state index contributed by atoms with van der Waals surface area (Å²) in [5.41, 5.74) is 0.0548. The summed E-state index contributed by atoms with van der Waals surface area (Å²) in [6.07, 6.45) is -4.30. The normalized spacial score (nSPS) is 15.6. The van der Waals surface area contributed by atoms with Crippen molar-refractivity contribution in [2.24, 2.45) is 0 Å². The first-order chi connectivity index (χ1) is 14.0. The van der Waals surface area contributed by atoms with Gasteiger partial charge < -0.3 is 14.5 Å². The lowest BCUT2D eigenvalue weighted by molar-refractivity contribution is -0.900. The van der Waals surface area contributed by atoms with Gasteiger partial charge in [-0.3, -0.25) is 0 Å². The molecule has 1 saturated heterocycles. The van der Waals surface area contributed by atoms with E-state index in [1.165, 1.54) is 17.0 Å². The number of benzene rings is 3. The van der Waals surface area contributed by atoms with Gasteiger partial charge in [0.2, 0.25) is 0 Å². The van der Waals surface area contributed by atoms with Gasteiger partial charge in [-0.2, -0.15) is 13.2 Å². The highest BCUT2D eigenvalue weighted by Crippen LogP contribution is 2.31. The number of quaternary nitrogens is 1. The lowest BCUT2D eigenvalue weighted by Crippen LogP contribution is -3.15. The maximum atomic E-state index is 12.9.